The van der Waals surface area contributed by atoms with Gasteiger partial charge >= 0.3 is 0 Å². The van der Waals surface area contributed by atoms with Gasteiger partial charge in [-0.3, -0.25) is 4.79 Å². The van der Waals surface area contributed by atoms with Crippen LogP contribution < -0.4 is 15.4 Å². The second-order valence-corrected chi connectivity index (χ2v) is 5.51. The zero-order chi connectivity index (χ0) is 13.7. The van der Waals surface area contributed by atoms with E-state index in [1.54, 1.807) is 19.2 Å². The van der Waals surface area contributed by atoms with E-state index in [4.69, 9.17) is 4.74 Å². The van der Waals surface area contributed by atoms with Crippen LogP contribution in [0.2, 0.25) is 0 Å². The average molecular weight is 262 g/mol. The highest BCUT2D eigenvalue weighted by Crippen LogP contribution is 2.24. The summed E-state index contributed by atoms with van der Waals surface area (Å²) >= 11 is 0. The number of ether oxygens (including phenoxy) is 1. The number of carbonyl (C=O) groups is 1. The first kappa shape index (κ1) is 13.9. The number of amides is 1. The van der Waals surface area contributed by atoms with Crippen LogP contribution in [0.5, 0.6) is 5.75 Å². The van der Waals surface area contributed by atoms with Crippen molar-refractivity contribution >= 4 is 5.91 Å². The van der Waals surface area contributed by atoms with Gasteiger partial charge in [-0.05, 0) is 43.0 Å². The number of hydrogen-bond donors (Lipinski definition) is 2. The van der Waals surface area contributed by atoms with Gasteiger partial charge < -0.3 is 15.4 Å². The number of carbonyl (C=O) groups excluding carboxylic acids is 1. The van der Waals surface area contributed by atoms with Crippen molar-refractivity contribution in [1.29, 1.82) is 0 Å². The maximum Gasteiger partial charge on any atom is 0.251 e. The van der Waals surface area contributed by atoms with Crippen molar-refractivity contribution in [3.8, 4) is 5.75 Å². The van der Waals surface area contributed by atoms with Gasteiger partial charge in [-0.25, -0.2) is 0 Å². The summed E-state index contributed by atoms with van der Waals surface area (Å²) < 4.78 is 5.13. The van der Waals surface area contributed by atoms with Crippen LogP contribution in [0.4, 0.5) is 0 Å². The van der Waals surface area contributed by atoms with Gasteiger partial charge in [-0.1, -0.05) is 13.0 Å². The largest absolute Gasteiger partial charge is 0.497 e. The average Bonchev–Trinajstić information content (AvgIpc) is 2.46. The van der Waals surface area contributed by atoms with E-state index in [1.165, 1.54) is 6.42 Å². The third kappa shape index (κ3) is 3.70. The molecular formula is C15H22N2O2. The Bertz CT molecular complexity index is 440. The third-order valence-electron chi connectivity index (χ3n) is 3.69. The van der Waals surface area contributed by atoms with Crippen LogP contribution in [-0.4, -0.2) is 32.7 Å². The molecule has 0 bridgehead atoms. The van der Waals surface area contributed by atoms with Crippen LogP contribution in [0, 0.1) is 5.41 Å². The van der Waals surface area contributed by atoms with Gasteiger partial charge in [0, 0.05) is 18.7 Å². The lowest BCUT2D eigenvalue weighted by atomic mass is 9.83. The van der Waals surface area contributed by atoms with Gasteiger partial charge in [-0.2, -0.15) is 0 Å². The minimum absolute atomic E-state index is 0.0364. The highest BCUT2D eigenvalue weighted by Gasteiger charge is 2.27. The second-order valence-electron chi connectivity index (χ2n) is 5.51. The SMILES string of the molecule is COc1cccc(C(=O)NCC2(C)CCCNC2)c1. The van der Waals surface area contributed by atoms with E-state index in [1.807, 2.05) is 12.1 Å². The summed E-state index contributed by atoms with van der Waals surface area (Å²) in [5, 5.41) is 6.41. The summed E-state index contributed by atoms with van der Waals surface area (Å²) in [5.41, 5.74) is 0.805. The molecule has 0 spiro atoms. The highest BCUT2D eigenvalue weighted by atomic mass is 16.5. The molecule has 104 valence electrons. The van der Waals surface area contributed by atoms with E-state index in [0.717, 1.165) is 19.5 Å². The molecule has 1 aromatic carbocycles. The van der Waals surface area contributed by atoms with Gasteiger partial charge in [-0.15, -0.1) is 0 Å². The van der Waals surface area contributed by atoms with Crippen molar-refractivity contribution in [2.75, 3.05) is 26.7 Å². The van der Waals surface area contributed by atoms with Gasteiger partial charge in [0.15, 0.2) is 0 Å². The third-order valence-corrected chi connectivity index (χ3v) is 3.69. The molecule has 19 heavy (non-hydrogen) atoms. The lowest BCUT2D eigenvalue weighted by Gasteiger charge is -2.34. The van der Waals surface area contributed by atoms with E-state index in [0.29, 0.717) is 17.9 Å². The summed E-state index contributed by atoms with van der Waals surface area (Å²) in [6.45, 7) is 4.96. The Kier molecular flexibility index (Phi) is 4.43. The number of rotatable bonds is 4. The lowest BCUT2D eigenvalue weighted by molar-refractivity contribution is 0.0924. The van der Waals surface area contributed by atoms with Crippen molar-refractivity contribution in [2.45, 2.75) is 19.8 Å². The molecule has 1 atom stereocenters. The number of hydrogen-bond acceptors (Lipinski definition) is 3. The molecule has 0 aliphatic carbocycles. The minimum atomic E-state index is -0.0364. The van der Waals surface area contributed by atoms with Crippen molar-refractivity contribution in [1.82, 2.24) is 10.6 Å². The lowest BCUT2D eigenvalue weighted by Crippen LogP contribution is -2.45. The maximum absolute atomic E-state index is 12.1. The zero-order valence-electron chi connectivity index (χ0n) is 11.7. The fraction of sp³-hybridized carbons (Fsp3) is 0.533. The topological polar surface area (TPSA) is 50.4 Å². The number of nitrogens with one attached hydrogen (secondary N) is 2. The predicted molar refractivity (Wildman–Crippen MR) is 75.5 cm³/mol. The number of piperidine rings is 1. The summed E-state index contributed by atoms with van der Waals surface area (Å²) in [6, 6.07) is 7.23. The van der Waals surface area contributed by atoms with E-state index in [9.17, 15) is 4.79 Å². The van der Waals surface area contributed by atoms with E-state index in [-0.39, 0.29) is 11.3 Å². The van der Waals surface area contributed by atoms with Crippen LogP contribution >= 0.6 is 0 Å². The quantitative estimate of drug-likeness (QED) is 0.870. The predicted octanol–water partition coefficient (Wildman–Crippen LogP) is 1.81. The standard InChI is InChI=1S/C15H22N2O2/c1-15(7-4-8-16-10-15)11-17-14(18)12-5-3-6-13(9-12)19-2/h3,5-6,9,16H,4,7-8,10-11H2,1-2H3,(H,17,18). The first-order chi connectivity index (χ1) is 9.13. The molecule has 1 unspecified atom stereocenters. The van der Waals surface area contributed by atoms with Crippen molar-refractivity contribution in [3.05, 3.63) is 29.8 Å². The number of benzene rings is 1. The van der Waals surface area contributed by atoms with Crippen molar-refractivity contribution < 1.29 is 9.53 Å². The smallest absolute Gasteiger partial charge is 0.251 e. The minimum Gasteiger partial charge on any atom is -0.497 e. The molecule has 2 N–H and O–H groups in total. The van der Waals surface area contributed by atoms with E-state index in [2.05, 4.69) is 17.6 Å². The Morgan fingerprint density at radius 3 is 3.05 bits per heavy atom. The van der Waals surface area contributed by atoms with Gasteiger partial charge in [0.05, 0.1) is 7.11 Å². The monoisotopic (exact) mass is 262 g/mol. The first-order valence-corrected chi connectivity index (χ1v) is 6.76. The Balaban J connectivity index is 1.93. The first-order valence-electron chi connectivity index (χ1n) is 6.76. The Hall–Kier alpha value is -1.55. The second kappa shape index (κ2) is 6.06. The molecular weight excluding hydrogens is 240 g/mol. The molecule has 1 aromatic rings. The van der Waals surface area contributed by atoms with Gasteiger partial charge in [0.25, 0.3) is 5.91 Å². The fourth-order valence-electron chi connectivity index (χ4n) is 2.43. The molecule has 4 nitrogen and oxygen atoms in total. The summed E-state index contributed by atoms with van der Waals surface area (Å²) in [5.74, 6) is 0.670. The van der Waals surface area contributed by atoms with Gasteiger partial charge in [0.2, 0.25) is 0 Å². The molecule has 1 fully saturated rings. The number of methoxy groups -OCH3 is 1. The van der Waals surface area contributed by atoms with Crippen LogP contribution in [0.3, 0.4) is 0 Å². The molecule has 1 heterocycles. The molecule has 1 saturated heterocycles. The molecule has 0 radical (unpaired) electrons. The normalized spacial score (nSPS) is 22.8. The molecule has 0 saturated carbocycles. The summed E-state index contributed by atoms with van der Waals surface area (Å²) in [7, 11) is 1.60. The summed E-state index contributed by atoms with van der Waals surface area (Å²) in [4.78, 5) is 12.1. The fourth-order valence-corrected chi connectivity index (χ4v) is 2.43. The van der Waals surface area contributed by atoms with Crippen LogP contribution in [-0.2, 0) is 0 Å². The van der Waals surface area contributed by atoms with Gasteiger partial charge in [0.1, 0.15) is 5.75 Å². The zero-order valence-corrected chi connectivity index (χ0v) is 11.7. The molecule has 1 aliphatic heterocycles. The van der Waals surface area contributed by atoms with Crippen molar-refractivity contribution in [3.63, 3.8) is 0 Å². The molecule has 4 heteroatoms. The van der Waals surface area contributed by atoms with E-state index < -0.39 is 0 Å². The molecule has 1 amide bonds. The van der Waals surface area contributed by atoms with Crippen LogP contribution in [0.15, 0.2) is 24.3 Å². The Morgan fingerprint density at radius 2 is 2.37 bits per heavy atom. The van der Waals surface area contributed by atoms with E-state index >= 15 is 0 Å². The molecule has 1 aliphatic rings. The highest BCUT2D eigenvalue weighted by molar-refractivity contribution is 5.94. The Labute approximate surface area is 114 Å². The van der Waals surface area contributed by atoms with Crippen LogP contribution in [0.25, 0.3) is 0 Å². The Morgan fingerprint density at radius 1 is 1.53 bits per heavy atom. The molecule has 0 aromatic heterocycles. The summed E-state index contributed by atoms with van der Waals surface area (Å²) in [6.07, 6.45) is 2.32. The maximum atomic E-state index is 12.1. The van der Waals surface area contributed by atoms with Crippen LogP contribution in [0.1, 0.15) is 30.1 Å². The van der Waals surface area contributed by atoms with Crippen molar-refractivity contribution in [2.24, 2.45) is 5.41 Å². The molecule has 2 rings (SSSR count).